The van der Waals surface area contributed by atoms with Crippen LogP contribution in [0.2, 0.25) is 0 Å². The van der Waals surface area contributed by atoms with E-state index in [2.05, 4.69) is 12.1 Å². The van der Waals surface area contributed by atoms with E-state index in [4.69, 9.17) is 15.0 Å². The number of benzene rings is 2. The van der Waals surface area contributed by atoms with Gasteiger partial charge >= 0.3 is 0 Å². The zero-order valence-corrected chi connectivity index (χ0v) is 16.5. The molecule has 1 saturated heterocycles. The van der Waals surface area contributed by atoms with E-state index in [1.165, 1.54) is 4.70 Å². The Kier molecular flexibility index (Phi) is 5.27. The second-order valence-electron chi connectivity index (χ2n) is 7.04. The predicted octanol–water partition coefficient (Wildman–Crippen LogP) is 4.34. The number of carbonyl (C=O) groups excluding carboxylic acids is 1. The van der Waals surface area contributed by atoms with E-state index in [9.17, 15) is 4.79 Å². The summed E-state index contributed by atoms with van der Waals surface area (Å²) in [6.45, 7) is 3.21. The summed E-state index contributed by atoms with van der Waals surface area (Å²) < 4.78 is 7.00. The molecule has 2 heterocycles. The van der Waals surface area contributed by atoms with Gasteiger partial charge in [-0.1, -0.05) is 12.1 Å². The molecule has 0 radical (unpaired) electrons. The van der Waals surface area contributed by atoms with Gasteiger partial charge in [0.25, 0.3) is 5.91 Å². The van der Waals surface area contributed by atoms with Crippen LogP contribution in [0.15, 0.2) is 48.5 Å². The van der Waals surface area contributed by atoms with E-state index in [1.807, 2.05) is 23.1 Å². The molecule has 5 nitrogen and oxygen atoms in total. The monoisotopic (exact) mass is 391 g/mol. The maximum atomic E-state index is 12.9. The average Bonchev–Trinajstić information content (AvgIpc) is 3.18. The van der Waals surface area contributed by atoms with Crippen LogP contribution in [0, 0.1) is 11.3 Å². The van der Waals surface area contributed by atoms with Crippen LogP contribution in [0.4, 0.5) is 0 Å². The smallest absolute Gasteiger partial charge is 0.263 e. The molecule has 1 amide bonds. The van der Waals surface area contributed by atoms with Gasteiger partial charge in [0.15, 0.2) is 6.10 Å². The molecule has 1 fully saturated rings. The van der Waals surface area contributed by atoms with E-state index >= 15 is 0 Å². The van der Waals surface area contributed by atoms with Crippen molar-refractivity contribution in [1.29, 1.82) is 5.26 Å². The Hall–Kier alpha value is -2.91. The number of likely N-dealkylation sites (tertiary alicyclic amines) is 1. The molecule has 0 bridgehead atoms. The minimum atomic E-state index is -0.568. The lowest BCUT2D eigenvalue weighted by atomic mass is 9.98. The molecule has 2 aromatic carbocycles. The maximum absolute atomic E-state index is 12.9. The van der Waals surface area contributed by atoms with Crippen molar-refractivity contribution in [3.05, 3.63) is 59.1 Å². The maximum Gasteiger partial charge on any atom is 0.263 e. The highest BCUT2D eigenvalue weighted by Gasteiger charge is 2.30. The topological polar surface area (TPSA) is 66.2 Å². The lowest BCUT2D eigenvalue weighted by Crippen LogP contribution is -2.45. The van der Waals surface area contributed by atoms with Crippen molar-refractivity contribution in [3.63, 3.8) is 0 Å². The largest absolute Gasteiger partial charge is 0.481 e. The van der Waals surface area contributed by atoms with Gasteiger partial charge in [0.05, 0.1) is 26.9 Å². The predicted molar refractivity (Wildman–Crippen MR) is 109 cm³/mol. The Bertz CT molecular complexity index is 989. The quantitative estimate of drug-likeness (QED) is 0.663. The minimum absolute atomic E-state index is 0.00447. The highest BCUT2D eigenvalue weighted by atomic mass is 32.1. The van der Waals surface area contributed by atoms with Crippen LogP contribution in [0.25, 0.3) is 10.2 Å². The Morgan fingerprint density at radius 1 is 1.29 bits per heavy atom. The number of fused-ring (bicyclic) bond motifs is 1. The van der Waals surface area contributed by atoms with Crippen LogP contribution in [-0.4, -0.2) is 35.0 Å². The number of piperidine rings is 1. The van der Waals surface area contributed by atoms with Crippen LogP contribution >= 0.6 is 11.3 Å². The number of amides is 1. The van der Waals surface area contributed by atoms with Crippen LogP contribution in [0.1, 0.15) is 36.3 Å². The Morgan fingerprint density at radius 3 is 2.82 bits per heavy atom. The zero-order valence-electron chi connectivity index (χ0n) is 15.7. The van der Waals surface area contributed by atoms with Crippen LogP contribution in [0.3, 0.4) is 0 Å². The number of hydrogen-bond donors (Lipinski definition) is 0. The van der Waals surface area contributed by atoms with Gasteiger partial charge in [-0.2, -0.15) is 5.26 Å². The molecule has 1 aromatic heterocycles. The van der Waals surface area contributed by atoms with Crippen LogP contribution in [-0.2, 0) is 4.79 Å². The molecule has 0 aliphatic carbocycles. The number of aromatic nitrogens is 1. The van der Waals surface area contributed by atoms with Crippen molar-refractivity contribution in [3.8, 4) is 11.8 Å². The molecule has 2 atom stereocenters. The van der Waals surface area contributed by atoms with Gasteiger partial charge < -0.3 is 9.64 Å². The first-order chi connectivity index (χ1) is 13.6. The standard InChI is InChI=1S/C22H21N3O2S/c1-15(27-18-10-8-16(13-23)9-11-18)22(26)25-12-4-5-17(14-25)21-24-19-6-2-3-7-20(19)28-21/h2-3,6-11,15,17H,4-5,12,14H2,1H3/t15-,17-/m1/s1. The summed E-state index contributed by atoms with van der Waals surface area (Å²) >= 11 is 1.73. The average molecular weight is 391 g/mol. The molecule has 142 valence electrons. The first-order valence-corrected chi connectivity index (χ1v) is 10.3. The molecule has 28 heavy (non-hydrogen) atoms. The minimum Gasteiger partial charge on any atom is -0.481 e. The van der Waals surface area contributed by atoms with Gasteiger partial charge in [0.2, 0.25) is 0 Å². The number of nitriles is 1. The molecule has 1 aliphatic heterocycles. The molecule has 0 saturated carbocycles. The van der Waals surface area contributed by atoms with Gasteiger partial charge in [-0.15, -0.1) is 11.3 Å². The fourth-order valence-electron chi connectivity index (χ4n) is 3.56. The molecule has 0 spiro atoms. The lowest BCUT2D eigenvalue weighted by Gasteiger charge is -2.33. The van der Waals surface area contributed by atoms with E-state index in [-0.39, 0.29) is 11.8 Å². The first-order valence-electron chi connectivity index (χ1n) is 9.45. The van der Waals surface area contributed by atoms with Crippen molar-refractivity contribution in [1.82, 2.24) is 9.88 Å². The number of para-hydroxylation sites is 1. The van der Waals surface area contributed by atoms with Crippen molar-refractivity contribution < 1.29 is 9.53 Å². The highest BCUT2D eigenvalue weighted by Crippen LogP contribution is 2.33. The summed E-state index contributed by atoms with van der Waals surface area (Å²) in [5.74, 6) is 0.868. The molecule has 1 aliphatic rings. The number of carbonyl (C=O) groups is 1. The summed E-state index contributed by atoms with van der Waals surface area (Å²) in [6, 6.07) is 17.1. The van der Waals surface area contributed by atoms with Crippen molar-refractivity contribution in [2.24, 2.45) is 0 Å². The Labute approximate surface area is 168 Å². The summed E-state index contributed by atoms with van der Waals surface area (Å²) in [5.41, 5.74) is 1.60. The third-order valence-corrected chi connectivity index (χ3v) is 6.24. The number of ether oxygens (including phenoxy) is 1. The molecular weight excluding hydrogens is 370 g/mol. The molecule has 0 unspecified atom stereocenters. The van der Waals surface area contributed by atoms with E-state index in [1.54, 1.807) is 42.5 Å². The molecule has 0 N–H and O–H groups in total. The van der Waals surface area contributed by atoms with Crippen LogP contribution in [0.5, 0.6) is 5.75 Å². The third-order valence-electron chi connectivity index (χ3n) is 5.04. The second-order valence-corrected chi connectivity index (χ2v) is 8.10. The number of nitrogens with zero attached hydrogens (tertiary/aromatic N) is 3. The van der Waals surface area contributed by atoms with Gasteiger partial charge in [-0.05, 0) is 56.2 Å². The lowest BCUT2D eigenvalue weighted by molar-refractivity contribution is -0.139. The Morgan fingerprint density at radius 2 is 2.07 bits per heavy atom. The first kappa shape index (κ1) is 18.5. The normalized spacial score (nSPS) is 17.9. The third kappa shape index (κ3) is 3.85. The van der Waals surface area contributed by atoms with Crippen LogP contribution < -0.4 is 4.74 Å². The van der Waals surface area contributed by atoms with Gasteiger partial charge in [-0.25, -0.2) is 4.98 Å². The number of thiazole rings is 1. The van der Waals surface area contributed by atoms with E-state index < -0.39 is 6.10 Å². The number of hydrogen-bond acceptors (Lipinski definition) is 5. The van der Waals surface area contributed by atoms with Crippen molar-refractivity contribution in [2.45, 2.75) is 31.8 Å². The summed E-state index contributed by atoms with van der Waals surface area (Å²) in [5, 5.41) is 9.99. The highest BCUT2D eigenvalue weighted by molar-refractivity contribution is 7.18. The van der Waals surface area contributed by atoms with Gasteiger partial charge in [0.1, 0.15) is 5.75 Å². The van der Waals surface area contributed by atoms with Crippen molar-refractivity contribution >= 4 is 27.5 Å². The van der Waals surface area contributed by atoms with E-state index in [0.29, 0.717) is 17.9 Å². The molecule has 3 aromatic rings. The fourth-order valence-corrected chi connectivity index (χ4v) is 4.66. The summed E-state index contributed by atoms with van der Waals surface area (Å²) in [7, 11) is 0. The SMILES string of the molecule is C[C@@H](Oc1ccc(C#N)cc1)C(=O)N1CCC[C@@H](c2nc3ccccc3s2)C1. The van der Waals surface area contributed by atoms with Crippen molar-refractivity contribution in [2.75, 3.05) is 13.1 Å². The van der Waals surface area contributed by atoms with E-state index in [0.717, 1.165) is 29.9 Å². The fraction of sp³-hybridized carbons (Fsp3) is 0.318. The zero-order chi connectivity index (χ0) is 19.5. The number of rotatable bonds is 4. The molecule has 4 rings (SSSR count). The van der Waals surface area contributed by atoms with Gasteiger partial charge in [0, 0.05) is 19.0 Å². The Balaban J connectivity index is 1.42. The summed E-state index contributed by atoms with van der Waals surface area (Å²) in [4.78, 5) is 19.6. The molecule has 6 heteroatoms. The molecular formula is C22H21N3O2S. The summed E-state index contributed by atoms with van der Waals surface area (Å²) in [6.07, 6.45) is 1.45. The second kappa shape index (κ2) is 7.99. The van der Waals surface area contributed by atoms with Gasteiger partial charge in [-0.3, -0.25) is 4.79 Å².